The number of unbranched alkanes of at least 4 members (excludes halogenated alkanes) is 1. The van der Waals surface area contributed by atoms with Gasteiger partial charge in [0, 0.05) is 13.6 Å². The molecule has 90 valence electrons. The molecule has 0 saturated heterocycles. The summed E-state index contributed by atoms with van der Waals surface area (Å²) < 4.78 is 24.9. The molecule has 1 aliphatic carbocycles. The van der Waals surface area contributed by atoms with E-state index in [0.717, 1.165) is 25.7 Å². The lowest BCUT2D eigenvalue weighted by Gasteiger charge is -2.34. The zero-order chi connectivity index (χ0) is 11.5. The van der Waals surface area contributed by atoms with Crippen molar-refractivity contribution in [3.8, 4) is 0 Å². The maximum absolute atomic E-state index is 11.7. The molecule has 0 unspecified atom stereocenters. The molecule has 1 rings (SSSR count). The van der Waals surface area contributed by atoms with E-state index >= 15 is 0 Å². The molecule has 1 fully saturated rings. The molecule has 0 aromatic heterocycles. The molecule has 5 heteroatoms. The Labute approximate surface area is 92.3 Å². The summed E-state index contributed by atoms with van der Waals surface area (Å²) >= 11 is 0. The summed E-state index contributed by atoms with van der Waals surface area (Å²) in [6.45, 7) is 2.54. The Morgan fingerprint density at radius 3 is 2.47 bits per heavy atom. The largest absolute Gasteiger partial charge is 0.393 e. The fraction of sp³-hybridized carbons (Fsp3) is 1.00. The second kappa shape index (κ2) is 5.27. The van der Waals surface area contributed by atoms with Crippen LogP contribution in [0.4, 0.5) is 0 Å². The lowest BCUT2D eigenvalue weighted by Crippen LogP contribution is -2.40. The Hall–Kier alpha value is -0.130. The van der Waals surface area contributed by atoms with Crippen LogP contribution in [0.2, 0.25) is 0 Å². The van der Waals surface area contributed by atoms with Crippen molar-refractivity contribution in [3.05, 3.63) is 0 Å². The highest BCUT2D eigenvalue weighted by molar-refractivity contribution is 7.89. The summed E-state index contributed by atoms with van der Waals surface area (Å²) in [7, 11) is -1.42. The third-order valence-electron chi connectivity index (χ3n) is 2.96. The van der Waals surface area contributed by atoms with Gasteiger partial charge < -0.3 is 5.11 Å². The SMILES string of the molecule is CCCCS(=O)(=O)N(C)CC1CC(O)C1. The molecule has 0 aliphatic heterocycles. The summed E-state index contributed by atoms with van der Waals surface area (Å²) in [6.07, 6.45) is 2.90. The van der Waals surface area contributed by atoms with Crippen molar-refractivity contribution < 1.29 is 13.5 Å². The number of hydrogen-bond donors (Lipinski definition) is 1. The minimum Gasteiger partial charge on any atom is -0.393 e. The lowest BCUT2D eigenvalue weighted by atomic mass is 9.82. The molecular weight excluding hydrogens is 214 g/mol. The predicted molar refractivity (Wildman–Crippen MR) is 60.1 cm³/mol. The van der Waals surface area contributed by atoms with Crippen molar-refractivity contribution in [2.24, 2.45) is 5.92 Å². The van der Waals surface area contributed by atoms with Crippen LogP contribution in [0.1, 0.15) is 32.6 Å². The van der Waals surface area contributed by atoms with Crippen LogP contribution in [0, 0.1) is 5.92 Å². The average molecular weight is 235 g/mol. The maximum atomic E-state index is 11.7. The van der Waals surface area contributed by atoms with Crippen LogP contribution < -0.4 is 0 Å². The first-order valence-electron chi connectivity index (χ1n) is 5.57. The molecule has 15 heavy (non-hydrogen) atoms. The van der Waals surface area contributed by atoms with Crippen molar-refractivity contribution in [3.63, 3.8) is 0 Å². The van der Waals surface area contributed by atoms with Gasteiger partial charge in [0.2, 0.25) is 10.0 Å². The zero-order valence-electron chi connectivity index (χ0n) is 9.52. The Bertz CT molecular complexity index is 283. The van der Waals surface area contributed by atoms with E-state index in [9.17, 15) is 8.42 Å². The van der Waals surface area contributed by atoms with Gasteiger partial charge >= 0.3 is 0 Å². The van der Waals surface area contributed by atoms with Gasteiger partial charge in [0.05, 0.1) is 11.9 Å². The first kappa shape index (κ1) is 12.9. The summed E-state index contributed by atoms with van der Waals surface area (Å²) in [5.41, 5.74) is 0. The first-order valence-corrected chi connectivity index (χ1v) is 7.18. The van der Waals surface area contributed by atoms with Crippen molar-refractivity contribution >= 4 is 10.0 Å². The number of aliphatic hydroxyl groups excluding tert-OH is 1. The van der Waals surface area contributed by atoms with Crippen molar-refractivity contribution in [1.29, 1.82) is 0 Å². The highest BCUT2D eigenvalue weighted by atomic mass is 32.2. The fourth-order valence-electron chi connectivity index (χ4n) is 1.81. The van der Waals surface area contributed by atoms with Gasteiger partial charge in [-0.1, -0.05) is 13.3 Å². The number of nitrogens with zero attached hydrogens (tertiary/aromatic N) is 1. The minimum absolute atomic E-state index is 0.207. The highest BCUT2D eigenvalue weighted by Crippen LogP contribution is 2.28. The van der Waals surface area contributed by atoms with Crippen LogP contribution in [-0.4, -0.2) is 43.3 Å². The summed E-state index contributed by atoms with van der Waals surface area (Å²) in [4.78, 5) is 0. The van der Waals surface area contributed by atoms with Crippen LogP contribution in [0.3, 0.4) is 0 Å². The molecule has 0 bridgehead atoms. The van der Waals surface area contributed by atoms with Crippen LogP contribution in [0.25, 0.3) is 0 Å². The van der Waals surface area contributed by atoms with E-state index in [1.54, 1.807) is 7.05 Å². The maximum Gasteiger partial charge on any atom is 0.213 e. The third kappa shape index (κ3) is 3.74. The molecule has 0 amide bonds. The quantitative estimate of drug-likeness (QED) is 0.741. The molecule has 0 radical (unpaired) electrons. The number of hydrogen-bond acceptors (Lipinski definition) is 3. The van der Waals surface area contributed by atoms with Crippen molar-refractivity contribution in [2.75, 3.05) is 19.3 Å². The molecule has 1 saturated carbocycles. The number of rotatable bonds is 6. The van der Waals surface area contributed by atoms with Gasteiger partial charge in [0.25, 0.3) is 0 Å². The molecule has 1 N–H and O–H groups in total. The summed E-state index contributed by atoms with van der Waals surface area (Å²) in [6, 6.07) is 0. The Morgan fingerprint density at radius 1 is 1.40 bits per heavy atom. The molecule has 0 aromatic carbocycles. The zero-order valence-corrected chi connectivity index (χ0v) is 10.3. The average Bonchev–Trinajstić information content (AvgIpc) is 2.12. The van der Waals surface area contributed by atoms with E-state index in [1.165, 1.54) is 4.31 Å². The van der Waals surface area contributed by atoms with E-state index in [-0.39, 0.29) is 11.9 Å². The molecule has 0 atom stereocenters. The van der Waals surface area contributed by atoms with E-state index in [0.29, 0.717) is 12.5 Å². The second-order valence-corrected chi connectivity index (χ2v) is 6.64. The van der Waals surface area contributed by atoms with E-state index < -0.39 is 10.0 Å². The van der Waals surface area contributed by atoms with E-state index in [4.69, 9.17) is 5.11 Å². The van der Waals surface area contributed by atoms with E-state index in [1.807, 2.05) is 6.92 Å². The normalized spacial score (nSPS) is 26.7. The number of sulfonamides is 1. The smallest absolute Gasteiger partial charge is 0.213 e. The van der Waals surface area contributed by atoms with Crippen LogP contribution in [0.5, 0.6) is 0 Å². The lowest BCUT2D eigenvalue weighted by molar-refractivity contribution is 0.0367. The molecule has 0 aromatic rings. The Kier molecular flexibility index (Phi) is 4.55. The predicted octanol–water partition coefficient (Wildman–Crippen LogP) is 0.819. The van der Waals surface area contributed by atoms with Crippen LogP contribution >= 0.6 is 0 Å². The van der Waals surface area contributed by atoms with Crippen LogP contribution in [-0.2, 0) is 10.0 Å². The summed E-state index contributed by atoms with van der Waals surface area (Å²) in [5, 5.41) is 9.11. The van der Waals surface area contributed by atoms with Gasteiger partial charge in [0.15, 0.2) is 0 Å². The highest BCUT2D eigenvalue weighted by Gasteiger charge is 2.30. The van der Waals surface area contributed by atoms with Crippen molar-refractivity contribution in [2.45, 2.75) is 38.7 Å². The first-order chi connectivity index (χ1) is 6.95. The van der Waals surface area contributed by atoms with Gasteiger partial charge in [0.1, 0.15) is 0 Å². The van der Waals surface area contributed by atoms with Gasteiger partial charge in [-0.3, -0.25) is 0 Å². The van der Waals surface area contributed by atoms with Gasteiger partial charge in [-0.15, -0.1) is 0 Å². The van der Waals surface area contributed by atoms with Crippen molar-refractivity contribution in [1.82, 2.24) is 4.31 Å². The minimum atomic E-state index is -3.06. The Morgan fingerprint density at radius 2 is 2.00 bits per heavy atom. The summed E-state index contributed by atoms with van der Waals surface area (Å²) in [5.74, 6) is 0.594. The fourth-order valence-corrected chi connectivity index (χ4v) is 3.21. The van der Waals surface area contributed by atoms with E-state index in [2.05, 4.69) is 0 Å². The molecule has 0 spiro atoms. The standard InChI is InChI=1S/C10H21NO3S/c1-3-4-5-15(13,14)11(2)8-9-6-10(12)7-9/h9-10,12H,3-8H2,1-2H3. The number of aliphatic hydroxyl groups is 1. The van der Waals surface area contributed by atoms with Gasteiger partial charge in [-0.2, -0.15) is 0 Å². The van der Waals surface area contributed by atoms with Gasteiger partial charge in [-0.05, 0) is 25.2 Å². The topological polar surface area (TPSA) is 57.6 Å². The molecule has 4 nitrogen and oxygen atoms in total. The van der Waals surface area contributed by atoms with Crippen LogP contribution in [0.15, 0.2) is 0 Å². The molecule has 1 aliphatic rings. The molecule has 0 heterocycles. The third-order valence-corrected chi connectivity index (χ3v) is 4.86. The molecular formula is C10H21NO3S. The second-order valence-electron chi connectivity index (χ2n) is 4.44. The van der Waals surface area contributed by atoms with Gasteiger partial charge in [-0.25, -0.2) is 12.7 Å². The monoisotopic (exact) mass is 235 g/mol. The Balaban J connectivity index is 2.35.